The van der Waals surface area contributed by atoms with E-state index >= 15 is 0 Å². The van der Waals surface area contributed by atoms with Gasteiger partial charge in [0.2, 0.25) is 17.2 Å². The molecule has 282 valence electrons. The summed E-state index contributed by atoms with van der Waals surface area (Å²) >= 11 is 0. The SMILES string of the molecule is CC[C@@H](C)c1cc2c(O)c3ccc4c(OC)c5c(O)c6c(=O)ccc(=O)c6c(O)c5c(=O)c4c3c(=O)c2c(=O)n1CC(=O)N1C[C@H](C(=O)OC)NC(=O)[C@@H]1C. The predicted octanol–water partition coefficient (Wildman–Crippen LogP) is 1.46. The smallest absolute Gasteiger partial charge is 0.330 e. The van der Waals surface area contributed by atoms with E-state index in [4.69, 9.17) is 9.47 Å². The molecule has 1 aromatic heterocycles. The Morgan fingerprint density at radius 1 is 0.800 bits per heavy atom. The molecule has 1 aliphatic rings. The molecule has 2 amide bonds. The minimum atomic E-state index is -1.17. The minimum Gasteiger partial charge on any atom is -0.507 e. The van der Waals surface area contributed by atoms with Gasteiger partial charge in [0.15, 0.2) is 16.3 Å². The lowest BCUT2D eigenvalue weighted by molar-refractivity contribution is -0.153. The van der Waals surface area contributed by atoms with E-state index in [0.717, 1.165) is 28.7 Å². The third kappa shape index (κ3) is 5.11. The molecule has 1 saturated heterocycles. The van der Waals surface area contributed by atoms with E-state index in [0.29, 0.717) is 6.42 Å². The van der Waals surface area contributed by atoms with Gasteiger partial charge >= 0.3 is 5.97 Å². The average Bonchev–Trinajstić information content (AvgIpc) is 3.17. The molecule has 1 fully saturated rings. The van der Waals surface area contributed by atoms with Crippen molar-refractivity contribution in [2.24, 2.45) is 0 Å². The Morgan fingerprint density at radius 2 is 1.38 bits per heavy atom. The summed E-state index contributed by atoms with van der Waals surface area (Å²) in [5.41, 5.74) is -4.52. The number of carbonyl (C=O) groups is 3. The normalized spacial score (nSPS) is 16.6. The average molecular weight is 752 g/mol. The Hall–Kier alpha value is -6.84. The number of aromatic hydroxyl groups is 3. The Balaban J connectivity index is 1.57. The molecule has 3 atom stereocenters. The van der Waals surface area contributed by atoms with Gasteiger partial charge in [0.05, 0.1) is 47.7 Å². The molecule has 0 saturated carbocycles. The zero-order valence-electron chi connectivity index (χ0n) is 30.1. The van der Waals surface area contributed by atoms with Gasteiger partial charge in [-0.15, -0.1) is 0 Å². The van der Waals surface area contributed by atoms with Crippen LogP contribution in [0.3, 0.4) is 0 Å². The number of carbonyl (C=O) groups excluding carboxylic acids is 3. The number of nitrogens with zero attached hydrogens (tertiary/aromatic N) is 2. The lowest BCUT2D eigenvalue weighted by Gasteiger charge is -2.37. The standard InChI is InChI=1S/C39H33N3O13/c1-6-14(2)20-11-18-26(38(52)42(20)13-23(45)41-12-19(39(53)55-5)40-37(51)15(41)3)32(47)24-16(31(18)46)7-8-17-25(24)33(48)29-30(36(17)54-4)35(50)28-22(44)10-9-21(43)27(28)34(29)49/h7-11,14-15,19,46,49-50H,6,12-13H2,1-5H3,(H,40,51)/t14-,15+,19-/m1/s1. The number of ether oxygens (including phenoxy) is 2. The third-order valence-electron chi connectivity index (χ3n) is 10.7. The number of pyridine rings is 1. The van der Waals surface area contributed by atoms with Crippen LogP contribution in [0.1, 0.15) is 38.8 Å². The number of phenolic OH excluding ortho intramolecular Hbond substituents is 3. The predicted molar refractivity (Wildman–Crippen MR) is 201 cm³/mol. The molecule has 6 aromatic rings. The van der Waals surface area contributed by atoms with Crippen LogP contribution in [0.4, 0.5) is 0 Å². The van der Waals surface area contributed by atoms with E-state index in [1.54, 1.807) is 6.92 Å². The summed E-state index contributed by atoms with van der Waals surface area (Å²) in [6.45, 7) is 4.12. The highest BCUT2D eigenvalue weighted by atomic mass is 16.5. The molecule has 0 unspecified atom stereocenters. The van der Waals surface area contributed by atoms with Crippen molar-refractivity contribution in [3.8, 4) is 23.0 Å². The first kappa shape index (κ1) is 36.5. The van der Waals surface area contributed by atoms with E-state index < -0.39 is 125 Å². The van der Waals surface area contributed by atoms with E-state index in [1.807, 2.05) is 6.92 Å². The molecule has 55 heavy (non-hydrogen) atoms. The highest BCUT2D eigenvalue weighted by Crippen LogP contribution is 2.46. The lowest BCUT2D eigenvalue weighted by Crippen LogP contribution is -2.63. The fourth-order valence-corrected chi connectivity index (χ4v) is 7.67. The monoisotopic (exact) mass is 751 g/mol. The molecule has 0 spiro atoms. The van der Waals surface area contributed by atoms with Crippen LogP contribution in [-0.2, 0) is 25.7 Å². The van der Waals surface area contributed by atoms with Gasteiger partial charge in [-0.1, -0.05) is 13.8 Å². The van der Waals surface area contributed by atoms with Gasteiger partial charge < -0.3 is 39.6 Å². The van der Waals surface area contributed by atoms with Crippen molar-refractivity contribution in [3.63, 3.8) is 0 Å². The molecule has 2 heterocycles. The fourth-order valence-electron chi connectivity index (χ4n) is 7.67. The summed E-state index contributed by atoms with van der Waals surface area (Å²) in [5.74, 6) is -5.10. The molecule has 1 aliphatic heterocycles. The van der Waals surface area contributed by atoms with E-state index in [1.165, 1.54) is 32.2 Å². The van der Waals surface area contributed by atoms with Gasteiger partial charge in [-0.2, -0.15) is 0 Å². The molecule has 0 aliphatic carbocycles. The highest BCUT2D eigenvalue weighted by Gasteiger charge is 2.38. The fraction of sp³-hybridized carbons (Fsp3) is 0.282. The van der Waals surface area contributed by atoms with E-state index in [2.05, 4.69) is 5.32 Å². The van der Waals surface area contributed by atoms with E-state index in [9.17, 15) is 53.7 Å². The molecule has 16 heteroatoms. The molecule has 5 aromatic carbocycles. The van der Waals surface area contributed by atoms with Crippen LogP contribution in [0.5, 0.6) is 23.0 Å². The summed E-state index contributed by atoms with van der Waals surface area (Å²) in [5, 5.41) is 32.8. The summed E-state index contributed by atoms with van der Waals surface area (Å²) in [4.78, 5) is 109. The second kappa shape index (κ2) is 12.9. The van der Waals surface area contributed by atoms with Gasteiger partial charge in [0, 0.05) is 32.6 Å². The Bertz CT molecular complexity index is 3020. The van der Waals surface area contributed by atoms with Crippen molar-refractivity contribution in [1.82, 2.24) is 14.8 Å². The molecule has 0 bridgehead atoms. The first-order chi connectivity index (χ1) is 26.1. The maximum atomic E-state index is 14.7. The number of hydrogen-bond donors (Lipinski definition) is 4. The maximum absolute atomic E-state index is 14.7. The zero-order chi connectivity index (χ0) is 39.9. The van der Waals surface area contributed by atoms with Crippen molar-refractivity contribution in [2.45, 2.75) is 51.7 Å². The Labute approximate surface area is 308 Å². The second-order valence-corrected chi connectivity index (χ2v) is 13.6. The first-order valence-corrected chi connectivity index (χ1v) is 17.2. The zero-order valence-corrected chi connectivity index (χ0v) is 30.1. The van der Waals surface area contributed by atoms with Gasteiger partial charge in [-0.3, -0.25) is 33.6 Å². The summed E-state index contributed by atoms with van der Waals surface area (Å²) in [7, 11) is 2.30. The molecular formula is C39H33N3O13. The summed E-state index contributed by atoms with van der Waals surface area (Å²) in [6, 6.07) is 3.63. The van der Waals surface area contributed by atoms with Crippen molar-refractivity contribution in [2.75, 3.05) is 20.8 Å². The number of hydrogen-bond acceptors (Lipinski definition) is 13. The van der Waals surface area contributed by atoms with Crippen LogP contribution in [0, 0.1) is 0 Å². The van der Waals surface area contributed by atoms with Crippen LogP contribution in [-0.4, -0.2) is 75.4 Å². The summed E-state index contributed by atoms with van der Waals surface area (Å²) in [6.07, 6.45) is 0.464. The largest absolute Gasteiger partial charge is 0.507 e. The Kier molecular flexibility index (Phi) is 8.58. The first-order valence-electron chi connectivity index (χ1n) is 17.2. The van der Waals surface area contributed by atoms with Gasteiger partial charge in [-0.05, 0) is 49.6 Å². The highest BCUT2D eigenvalue weighted by molar-refractivity contribution is 6.24. The number of nitrogens with one attached hydrogen (secondary N) is 1. The maximum Gasteiger partial charge on any atom is 0.330 e. The topological polar surface area (TPSA) is 236 Å². The summed E-state index contributed by atoms with van der Waals surface area (Å²) < 4.78 is 11.4. The molecule has 7 rings (SSSR count). The van der Waals surface area contributed by atoms with Gasteiger partial charge in [0.25, 0.3) is 5.56 Å². The van der Waals surface area contributed by atoms with E-state index in [-0.39, 0.29) is 34.1 Å². The number of benzene rings is 5. The van der Waals surface area contributed by atoms with Crippen LogP contribution in [0.2, 0.25) is 0 Å². The molecule has 0 radical (unpaired) electrons. The molecule has 16 nitrogen and oxygen atoms in total. The number of methoxy groups -OCH3 is 2. The van der Waals surface area contributed by atoms with Crippen molar-refractivity contribution in [1.29, 1.82) is 0 Å². The number of rotatable bonds is 6. The van der Waals surface area contributed by atoms with Crippen molar-refractivity contribution >= 4 is 71.6 Å². The second-order valence-electron chi connectivity index (χ2n) is 13.6. The quantitative estimate of drug-likeness (QED) is 0.0818. The third-order valence-corrected chi connectivity index (χ3v) is 10.7. The number of amides is 2. The van der Waals surface area contributed by atoms with Crippen LogP contribution in [0.15, 0.2) is 54.3 Å². The van der Waals surface area contributed by atoms with Crippen LogP contribution in [0.25, 0.3) is 53.9 Å². The molecule has 4 N–H and O–H groups in total. The lowest BCUT2D eigenvalue weighted by atomic mass is 9.91. The number of phenols is 3. The van der Waals surface area contributed by atoms with Crippen LogP contribution < -0.4 is 37.3 Å². The number of fused-ring (bicyclic) bond motifs is 6. The van der Waals surface area contributed by atoms with Crippen molar-refractivity contribution < 1.29 is 39.2 Å². The van der Waals surface area contributed by atoms with Gasteiger partial charge in [-0.25, -0.2) is 4.79 Å². The number of piperazine rings is 1. The van der Waals surface area contributed by atoms with Gasteiger partial charge in [0.1, 0.15) is 41.6 Å². The minimum absolute atomic E-state index is 0.0904. The molecular weight excluding hydrogens is 718 g/mol. The van der Waals surface area contributed by atoms with Crippen LogP contribution >= 0.6 is 0 Å². The van der Waals surface area contributed by atoms with Crippen molar-refractivity contribution in [3.05, 3.63) is 87.3 Å². The Morgan fingerprint density at radius 3 is 1.98 bits per heavy atom. The number of esters is 1. The number of aromatic nitrogens is 1.